The van der Waals surface area contributed by atoms with E-state index in [0.717, 1.165) is 22.4 Å². The van der Waals surface area contributed by atoms with Gasteiger partial charge in [0.05, 0.1) is 15.9 Å². The van der Waals surface area contributed by atoms with Crippen LogP contribution in [0.4, 0.5) is 5.69 Å². The number of sulfonamides is 1. The highest BCUT2D eigenvalue weighted by Gasteiger charge is 2.17. The summed E-state index contributed by atoms with van der Waals surface area (Å²) in [6.07, 6.45) is 0. The number of carbonyl (C=O) groups is 1. The number of aryl methyl sites for hydroxylation is 1. The average molecular weight is 420 g/mol. The lowest BCUT2D eigenvalue weighted by Gasteiger charge is -2.10. The number of aromatic amines is 1. The third-order valence-corrected chi connectivity index (χ3v) is 6.25. The Balaban J connectivity index is 1.56. The number of rotatable bonds is 5. The molecule has 0 saturated heterocycles. The van der Waals surface area contributed by atoms with Crippen molar-refractivity contribution in [2.45, 2.75) is 11.8 Å². The summed E-state index contributed by atoms with van der Waals surface area (Å²) in [5.41, 5.74) is 4.31. The molecule has 4 rings (SSSR count). The maximum atomic E-state index is 12.7. The molecule has 8 heteroatoms. The fraction of sp³-hybridized carbons (Fsp3) is 0.0909. The highest BCUT2D eigenvalue weighted by Crippen LogP contribution is 2.23. The minimum Gasteiger partial charge on any atom is -0.338 e. The molecule has 1 heterocycles. The van der Waals surface area contributed by atoms with Crippen LogP contribution in [0.15, 0.2) is 71.6 Å². The Labute approximate surface area is 174 Å². The first kappa shape index (κ1) is 19.8. The van der Waals surface area contributed by atoms with E-state index in [1.54, 1.807) is 25.1 Å². The number of imidazole rings is 1. The van der Waals surface area contributed by atoms with Gasteiger partial charge in [-0.2, -0.15) is 0 Å². The van der Waals surface area contributed by atoms with Gasteiger partial charge in [-0.25, -0.2) is 18.1 Å². The molecular weight excluding hydrogens is 400 g/mol. The molecule has 0 atom stereocenters. The van der Waals surface area contributed by atoms with Crippen LogP contribution >= 0.6 is 0 Å². The lowest BCUT2D eigenvalue weighted by Crippen LogP contribution is -2.20. The third-order valence-electron chi connectivity index (χ3n) is 4.84. The molecular formula is C22H20N4O3S. The Hall–Kier alpha value is -3.49. The van der Waals surface area contributed by atoms with Crippen LogP contribution < -0.4 is 10.0 Å². The van der Waals surface area contributed by atoms with E-state index in [9.17, 15) is 13.2 Å². The van der Waals surface area contributed by atoms with E-state index in [2.05, 4.69) is 20.0 Å². The molecule has 3 aromatic carbocycles. The molecule has 0 fully saturated rings. The van der Waals surface area contributed by atoms with Gasteiger partial charge >= 0.3 is 0 Å². The van der Waals surface area contributed by atoms with E-state index in [-0.39, 0.29) is 10.8 Å². The summed E-state index contributed by atoms with van der Waals surface area (Å²) in [4.78, 5) is 20.6. The van der Waals surface area contributed by atoms with Crippen LogP contribution in [-0.4, -0.2) is 31.3 Å². The molecule has 4 aromatic rings. The minimum atomic E-state index is -3.63. The smallest absolute Gasteiger partial charge is 0.255 e. The highest BCUT2D eigenvalue weighted by molar-refractivity contribution is 7.89. The number of aromatic nitrogens is 2. The second kappa shape index (κ2) is 7.74. The molecule has 0 bridgehead atoms. The Bertz CT molecular complexity index is 1310. The maximum Gasteiger partial charge on any atom is 0.255 e. The first-order chi connectivity index (χ1) is 14.4. The summed E-state index contributed by atoms with van der Waals surface area (Å²) < 4.78 is 26.3. The SMILES string of the molecule is CNS(=O)(=O)c1ccc(C)c(C(=O)Nc2ccc(-c3nc4ccccc4[nH]3)cc2)c1. The van der Waals surface area contributed by atoms with E-state index in [1.165, 1.54) is 19.2 Å². The number of para-hydroxylation sites is 2. The van der Waals surface area contributed by atoms with Gasteiger partial charge in [0.2, 0.25) is 10.0 Å². The number of hydrogen-bond acceptors (Lipinski definition) is 4. The van der Waals surface area contributed by atoms with Crippen LogP contribution in [0.25, 0.3) is 22.4 Å². The number of amides is 1. The Morgan fingerprint density at radius 1 is 1.00 bits per heavy atom. The zero-order valence-electron chi connectivity index (χ0n) is 16.4. The summed E-state index contributed by atoms with van der Waals surface area (Å²) in [5.74, 6) is 0.368. The van der Waals surface area contributed by atoms with Gasteiger partial charge < -0.3 is 10.3 Å². The van der Waals surface area contributed by atoms with Crippen LogP contribution in [0.5, 0.6) is 0 Å². The quantitative estimate of drug-likeness (QED) is 0.458. The van der Waals surface area contributed by atoms with Crippen molar-refractivity contribution < 1.29 is 13.2 Å². The van der Waals surface area contributed by atoms with Crippen molar-refractivity contribution in [1.29, 1.82) is 0 Å². The molecule has 1 aromatic heterocycles. The van der Waals surface area contributed by atoms with E-state index < -0.39 is 10.0 Å². The predicted octanol–water partition coefficient (Wildman–Crippen LogP) is 3.70. The van der Waals surface area contributed by atoms with Crippen molar-refractivity contribution >= 4 is 32.7 Å². The fourth-order valence-corrected chi connectivity index (χ4v) is 3.89. The first-order valence-corrected chi connectivity index (χ1v) is 10.8. The average Bonchev–Trinajstić information content (AvgIpc) is 3.18. The zero-order chi connectivity index (χ0) is 21.3. The van der Waals surface area contributed by atoms with Crippen molar-refractivity contribution in [3.8, 4) is 11.4 Å². The van der Waals surface area contributed by atoms with Crippen LogP contribution in [0.3, 0.4) is 0 Å². The van der Waals surface area contributed by atoms with Crippen molar-refractivity contribution in [3.63, 3.8) is 0 Å². The molecule has 30 heavy (non-hydrogen) atoms. The number of carbonyl (C=O) groups excluding carboxylic acids is 1. The lowest BCUT2D eigenvalue weighted by molar-refractivity contribution is 0.102. The molecule has 0 aliphatic carbocycles. The van der Waals surface area contributed by atoms with Crippen molar-refractivity contribution in [1.82, 2.24) is 14.7 Å². The number of H-pyrrole nitrogens is 1. The number of nitrogens with zero attached hydrogens (tertiary/aromatic N) is 1. The second-order valence-corrected chi connectivity index (χ2v) is 8.70. The van der Waals surface area contributed by atoms with E-state index in [1.807, 2.05) is 36.4 Å². The van der Waals surface area contributed by atoms with Crippen LogP contribution in [-0.2, 0) is 10.0 Å². The molecule has 1 amide bonds. The largest absolute Gasteiger partial charge is 0.338 e. The number of benzene rings is 3. The molecule has 3 N–H and O–H groups in total. The summed E-state index contributed by atoms with van der Waals surface area (Å²) >= 11 is 0. The fourth-order valence-electron chi connectivity index (χ4n) is 3.13. The third kappa shape index (κ3) is 3.83. The van der Waals surface area contributed by atoms with Gasteiger partial charge in [-0.3, -0.25) is 4.79 Å². The summed E-state index contributed by atoms with van der Waals surface area (Å²) in [6, 6.07) is 19.5. The van der Waals surface area contributed by atoms with Crippen molar-refractivity contribution in [2.24, 2.45) is 0 Å². The molecule has 152 valence electrons. The number of nitrogens with one attached hydrogen (secondary N) is 3. The second-order valence-electron chi connectivity index (χ2n) is 6.82. The first-order valence-electron chi connectivity index (χ1n) is 9.28. The van der Waals surface area contributed by atoms with Gasteiger partial charge in [0.25, 0.3) is 5.91 Å². The van der Waals surface area contributed by atoms with Gasteiger partial charge in [0, 0.05) is 16.8 Å². The van der Waals surface area contributed by atoms with Gasteiger partial charge in [-0.15, -0.1) is 0 Å². The minimum absolute atomic E-state index is 0.0426. The maximum absolute atomic E-state index is 12.7. The normalized spacial score (nSPS) is 11.5. The Morgan fingerprint density at radius 2 is 1.73 bits per heavy atom. The monoisotopic (exact) mass is 420 g/mol. The van der Waals surface area contributed by atoms with E-state index in [4.69, 9.17) is 0 Å². The zero-order valence-corrected chi connectivity index (χ0v) is 17.2. The van der Waals surface area contributed by atoms with Crippen molar-refractivity contribution in [3.05, 3.63) is 77.9 Å². The van der Waals surface area contributed by atoms with Crippen molar-refractivity contribution in [2.75, 3.05) is 12.4 Å². The summed E-state index contributed by atoms with van der Waals surface area (Å²) in [7, 11) is -2.30. The highest BCUT2D eigenvalue weighted by atomic mass is 32.2. The molecule has 0 spiro atoms. The molecule has 0 aliphatic rings. The van der Waals surface area contributed by atoms with E-state index in [0.29, 0.717) is 16.8 Å². The van der Waals surface area contributed by atoms with Gasteiger partial charge in [0.15, 0.2) is 0 Å². The number of hydrogen-bond donors (Lipinski definition) is 3. The van der Waals surface area contributed by atoms with Gasteiger partial charge in [-0.05, 0) is 68.1 Å². The lowest BCUT2D eigenvalue weighted by atomic mass is 10.1. The molecule has 0 unspecified atom stereocenters. The van der Waals surface area contributed by atoms with Crippen LogP contribution in [0.2, 0.25) is 0 Å². The summed E-state index contributed by atoms with van der Waals surface area (Å²) in [6.45, 7) is 1.76. The molecule has 0 aliphatic heterocycles. The molecule has 7 nitrogen and oxygen atoms in total. The number of anilines is 1. The Kier molecular flexibility index (Phi) is 5.11. The number of fused-ring (bicyclic) bond motifs is 1. The molecule has 0 radical (unpaired) electrons. The van der Waals surface area contributed by atoms with Crippen LogP contribution in [0.1, 0.15) is 15.9 Å². The standard InChI is InChI=1S/C22H20N4O3S/c1-14-7-12-17(30(28,29)23-2)13-18(14)22(27)24-16-10-8-15(9-11-16)21-25-19-5-3-4-6-20(19)26-21/h3-13,23H,1-2H3,(H,24,27)(H,25,26). The van der Waals surface area contributed by atoms with E-state index >= 15 is 0 Å². The predicted molar refractivity (Wildman–Crippen MR) is 117 cm³/mol. The Morgan fingerprint density at radius 3 is 2.43 bits per heavy atom. The topological polar surface area (TPSA) is 104 Å². The van der Waals surface area contributed by atoms with Gasteiger partial charge in [0.1, 0.15) is 5.82 Å². The van der Waals surface area contributed by atoms with Crippen LogP contribution in [0, 0.1) is 6.92 Å². The summed E-state index contributed by atoms with van der Waals surface area (Å²) in [5, 5.41) is 2.82. The van der Waals surface area contributed by atoms with Gasteiger partial charge in [-0.1, -0.05) is 18.2 Å². The molecule has 0 saturated carbocycles.